The minimum atomic E-state index is -0.581. The number of nitrogens with zero attached hydrogens (tertiary/aromatic N) is 2. The number of primary amides is 1. The number of carbonyl (C=O) groups is 1. The predicted octanol–water partition coefficient (Wildman–Crippen LogP) is 1.38. The lowest BCUT2D eigenvalue weighted by molar-refractivity contribution is 0.100. The molecule has 0 aliphatic heterocycles. The van der Waals surface area contributed by atoms with Crippen LogP contribution in [-0.4, -0.2) is 15.7 Å². The molecule has 2 aromatic rings. The number of carbonyl (C=O) groups excluding carboxylic acids is 1. The summed E-state index contributed by atoms with van der Waals surface area (Å²) in [5.41, 5.74) is 11.5. The molecular formula is C12H14N4O2. The molecule has 94 valence electrons. The van der Waals surface area contributed by atoms with Gasteiger partial charge in [-0.15, -0.1) is 0 Å². The summed E-state index contributed by atoms with van der Waals surface area (Å²) in [6.45, 7) is 2.72. The van der Waals surface area contributed by atoms with Crippen LogP contribution in [0.5, 0.6) is 11.5 Å². The number of aromatic nitrogens is 2. The second-order valence-corrected chi connectivity index (χ2v) is 3.72. The molecule has 0 unspecified atom stereocenters. The zero-order chi connectivity index (χ0) is 13.1. The number of benzene rings is 1. The molecule has 1 aromatic carbocycles. The van der Waals surface area contributed by atoms with Gasteiger partial charge >= 0.3 is 0 Å². The standard InChI is InChI=1S/C12H14N4O2/c1-2-16-7-8(6-15-16)18-10-5-3-4-9(11(10)13)12(14)17/h3-7H,2,13H2,1H3,(H2,14,17). The maximum absolute atomic E-state index is 11.1. The third-order valence-corrected chi connectivity index (χ3v) is 2.49. The summed E-state index contributed by atoms with van der Waals surface area (Å²) in [5.74, 6) is 0.370. The van der Waals surface area contributed by atoms with Gasteiger partial charge in [-0.1, -0.05) is 6.07 Å². The highest BCUT2D eigenvalue weighted by atomic mass is 16.5. The fourth-order valence-electron chi connectivity index (χ4n) is 1.55. The van der Waals surface area contributed by atoms with Crippen LogP contribution in [0.15, 0.2) is 30.6 Å². The molecule has 0 atom stereocenters. The number of hydrogen-bond acceptors (Lipinski definition) is 4. The van der Waals surface area contributed by atoms with Crippen LogP contribution in [0.2, 0.25) is 0 Å². The Balaban J connectivity index is 2.29. The number of para-hydroxylation sites is 1. The van der Waals surface area contributed by atoms with E-state index in [0.717, 1.165) is 6.54 Å². The van der Waals surface area contributed by atoms with E-state index < -0.39 is 5.91 Å². The van der Waals surface area contributed by atoms with Gasteiger partial charge in [0.25, 0.3) is 5.91 Å². The van der Waals surface area contributed by atoms with Crippen molar-refractivity contribution in [3.05, 3.63) is 36.2 Å². The molecule has 2 rings (SSSR count). The monoisotopic (exact) mass is 246 g/mol. The molecule has 1 aromatic heterocycles. The number of hydrogen-bond donors (Lipinski definition) is 2. The Kier molecular flexibility index (Phi) is 3.18. The van der Waals surface area contributed by atoms with Crippen molar-refractivity contribution in [2.75, 3.05) is 5.73 Å². The van der Waals surface area contributed by atoms with Gasteiger partial charge in [0.1, 0.15) is 0 Å². The Hall–Kier alpha value is -2.50. The Morgan fingerprint density at radius 3 is 2.89 bits per heavy atom. The molecule has 1 amide bonds. The first-order valence-electron chi connectivity index (χ1n) is 5.50. The molecule has 6 nitrogen and oxygen atoms in total. The first-order chi connectivity index (χ1) is 8.61. The molecule has 0 aliphatic carbocycles. The van der Waals surface area contributed by atoms with Crippen molar-refractivity contribution in [1.29, 1.82) is 0 Å². The van der Waals surface area contributed by atoms with Gasteiger partial charge in [0.15, 0.2) is 11.5 Å². The number of amides is 1. The van der Waals surface area contributed by atoms with Crippen molar-refractivity contribution in [1.82, 2.24) is 9.78 Å². The lowest BCUT2D eigenvalue weighted by Gasteiger charge is -2.08. The predicted molar refractivity (Wildman–Crippen MR) is 67.3 cm³/mol. The fraction of sp³-hybridized carbons (Fsp3) is 0.167. The summed E-state index contributed by atoms with van der Waals surface area (Å²) in [5, 5.41) is 4.08. The number of nitrogen functional groups attached to an aromatic ring is 1. The third-order valence-electron chi connectivity index (χ3n) is 2.49. The minimum absolute atomic E-state index is 0.231. The quantitative estimate of drug-likeness (QED) is 0.796. The van der Waals surface area contributed by atoms with Crippen LogP contribution in [-0.2, 0) is 6.54 Å². The summed E-state index contributed by atoms with van der Waals surface area (Å²) in [6.07, 6.45) is 3.33. The topological polar surface area (TPSA) is 96.2 Å². The molecule has 6 heteroatoms. The number of rotatable bonds is 4. The maximum atomic E-state index is 11.1. The second kappa shape index (κ2) is 4.79. The largest absolute Gasteiger partial charge is 0.452 e. The highest BCUT2D eigenvalue weighted by Crippen LogP contribution is 2.29. The van der Waals surface area contributed by atoms with Crippen molar-refractivity contribution in [2.45, 2.75) is 13.5 Å². The first kappa shape index (κ1) is 12.0. The smallest absolute Gasteiger partial charge is 0.250 e. The van der Waals surface area contributed by atoms with Crippen LogP contribution in [0.1, 0.15) is 17.3 Å². The van der Waals surface area contributed by atoms with Gasteiger partial charge < -0.3 is 16.2 Å². The maximum Gasteiger partial charge on any atom is 0.250 e. The van der Waals surface area contributed by atoms with Gasteiger partial charge in [-0.3, -0.25) is 9.48 Å². The van der Waals surface area contributed by atoms with Gasteiger partial charge in [0.2, 0.25) is 0 Å². The Bertz CT molecular complexity index is 577. The normalized spacial score (nSPS) is 10.3. The van der Waals surface area contributed by atoms with Crippen molar-refractivity contribution in [3.8, 4) is 11.5 Å². The lowest BCUT2D eigenvalue weighted by Crippen LogP contribution is -2.13. The summed E-state index contributed by atoms with van der Waals surface area (Å²) < 4.78 is 7.29. The molecule has 0 aliphatic rings. The first-order valence-corrected chi connectivity index (χ1v) is 5.50. The van der Waals surface area contributed by atoms with Gasteiger partial charge in [-0.05, 0) is 19.1 Å². The minimum Gasteiger partial charge on any atom is -0.452 e. The number of anilines is 1. The van der Waals surface area contributed by atoms with Crippen LogP contribution in [0.25, 0.3) is 0 Å². The summed E-state index contributed by atoms with van der Waals surface area (Å²) in [4.78, 5) is 11.1. The van der Waals surface area contributed by atoms with Crippen LogP contribution < -0.4 is 16.2 Å². The molecule has 4 N–H and O–H groups in total. The number of nitrogens with two attached hydrogens (primary N) is 2. The molecule has 1 heterocycles. The van der Waals surface area contributed by atoms with Gasteiger partial charge in [-0.2, -0.15) is 5.10 Å². The molecule has 0 radical (unpaired) electrons. The van der Waals surface area contributed by atoms with E-state index in [1.807, 2.05) is 6.92 Å². The second-order valence-electron chi connectivity index (χ2n) is 3.72. The van der Waals surface area contributed by atoms with Crippen molar-refractivity contribution < 1.29 is 9.53 Å². The van der Waals surface area contributed by atoms with Crippen LogP contribution in [0, 0.1) is 0 Å². The zero-order valence-electron chi connectivity index (χ0n) is 9.96. The van der Waals surface area contributed by atoms with E-state index in [1.165, 1.54) is 0 Å². The van der Waals surface area contributed by atoms with Crippen LogP contribution in [0.3, 0.4) is 0 Å². The van der Waals surface area contributed by atoms with E-state index in [-0.39, 0.29) is 11.3 Å². The molecular weight excluding hydrogens is 232 g/mol. The van der Waals surface area contributed by atoms with E-state index in [2.05, 4.69) is 5.10 Å². The van der Waals surface area contributed by atoms with E-state index >= 15 is 0 Å². The molecule has 18 heavy (non-hydrogen) atoms. The average molecular weight is 246 g/mol. The van der Waals surface area contributed by atoms with E-state index in [1.54, 1.807) is 35.3 Å². The van der Waals surface area contributed by atoms with E-state index in [0.29, 0.717) is 11.5 Å². The van der Waals surface area contributed by atoms with Gasteiger partial charge in [0.05, 0.1) is 23.6 Å². The van der Waals surface area contributed by atoms with Gasteiger partial charge in [0, 0.05) is 6.54 Å². The van der Waals surface area contributed by atoms with E-state index in [4.69, 9.17) is 16.2 Å². The summed E-state index contributed by atoms with van der Waals surface area (Å²) >= 11 is 0. The van der Waals surface area contributed by atoms with Crippen molar-refractivity contribution in [3.63, 3.8) is 0 Å². The Morgan fingerprint density at radius 1 is 1.50 bits per heavy atom. The van der Waals surface area contributed by atoms with Crippen molar-refractivity contribution in [2.24, 2.45) is 5.73 Å². The fourth-order valence-corrected chi connectivity index (χ4v) is 1.55. The highest BCUT2D eigenvalue weighted by molar-refractivity contribution is 5.99. The molecule has 0 spiro atoms. The average Bonchev–Trinajstić information content (AvgIpc) is 2.79. The van der Waals surface area contributed by atoms with Crippen LogP contribution >= 0.6 is 0 Å². The van der Waals surface area contributed by atoms with E-state index in [9.17, 15) is 4.79 Å². The molecule has 0 fully saturated rings. The van der Waals surface area contributed by atoms with Gasteiger partial charge in [-0.25, -0.2) is 0 Å². The molecule has 0 saturated heterocycles. The number of ether oxygens (including phenoxy) is 1. The third kappa shape index (κ3) is 2.27. The molecule has 0 bridgehead atoms. The molecule has 0 saturated carbocycles. The Labute approximate surface area is 104 Å². The highest BCUT2D eigenvalue weighted by Gasteiger charge is 2.11. The number of aryl methyl sites for hydroxylation is 1. The lowest BCUT2D eigenvalue weighted by atomic mass is 10.1. The van der Waals surface area contributed by atoms with Crippen LogP contribution in [0.4, 0.5) is 5.69 Å². The summed E-state index contributed by atoms with van der Waals surface area (Å²) in [6, 6.07) is 4.89. The SMILES string of the molecule is CCn1cc(Oc2cccc(C(N)=O)c2N)cn1. The zero-order valence-corrected chi connectivity index (χ0v) is 9.96. The van der Waals surface area contributed by atoms with Crippen molar-refractivity contribution >= 4 is 11.6 Å². The summed E-state index contributed by atoms with van der Waals surface area (Å²) in [7, 11) is 0. The Morgan fingerprint density at radius 2 is 2.28 bits per heavy atom.